The molecule has 0 unspecified atom stereocenters. The van der Waals surface area contributed by atoms with Crippen LogP contribution in [-0.4, -0.2) is 23.1 Å². The van der Waals surface area contributed by atoms with Crippen molar-refractivity contribution < 1.29 is 0 Å². The third-order valence-electron chi connectivity index (χ3n) is 2.49. The Morgan fingerprint density at radius 3 is 3.06 bits per heavy atom. The Morgan fingerprint density at radius 2 is 2.38 bits per heavy atom. The summed E-state index contributed by atoms with van der Waals surface area (Å²) in [5, 5.41) is 11.9. The van der Waals surface area contributed by atoms with Gasteiger partial charge in [-0.3, -0.25) is 0 Å². The van der Waals surface area contributed by atoms with Crippen LogP contribution in [0.5, 0.6) is 0 Å². The van der Waals surface area contributed by atoms with E-state index in [1.54, 1.807) is 6.07 Å². The first-order valence-electron chi connectivity index (χ1n) is 5.03. The van der Waals surface area contributed by atoms with E-state index in [9.17, 15) is 0 Å². The molecule has 5 heteroatoms. The molecule has 0 amide bonds. The number of nitrogens with zero attached hydrogens (tertiary/aromatic N) is 2. The molecule has 0 fully saturated rings. The van der Waals surface area contributed by atoms with E-state index in [0.717, 1.165) is 24.1 Å². The lowest BCUT2D eigenvalue weighted by Crippen LogP contribution is -2.14. The van der Waals surface area contributed by atoms with Crippen molar-refractivity contribution in [2.75, 3.05) is 13.6 Å². The molecule has 16 heavy (non-hydrogen) atoms. The van der Waals surface area contributed by atoms with Crippen LogP contribution in [0.2, 0.25) is 0 Å². The van der Waals surface area contributed by atoms with Crippen LogP contribution in [0, 0.1) is 16.1 Å². The highest BCUT2D eigenvalue weighted by molar-refractivity contribution is 7.71. The maximum Gasteiger partial charge on any atom is 0.178 e. The molecule has 0 radical (unpaired) electrons. The molecule has 2 N–H and O–H groups in total. The Labute approximate surface area is 98.5 Å². The Balaban J connectivity index is 2.58. The summed E-state index contributed by atoms with van der Waals surface area (Å²) in [6.07, 6.45) is 0. The van der Waals surface area contributed by atoms with Gasteiger partial charge in [0.25, 0.3) is 0 Å². The maximum atomic E-state index is 8.86. The first-order chi connectivity index (χ1) is 7.76. The van der Waals surface area contributed by atoms with Crippen molar-refractivity contribution >= 4 is 23.3 Å². The molecular weight excluding hydrogens is 220 g/mol. The van der Waals surface area contributed by atoms with Crippen LogP contribution in [-0.2, 0) is 6.54 Å². The highest BCUT2D eigenvalue weighted by atomic mass is 32.1. The van der Waals surface area contributed by atoms with Crippen LogP contribution < -0.4 is 5.32 Å². The fraction of sp³-hybridized carbons (Fsp3) is 0.273. The number of nitriles is 1. The Bertz CT molecular complexity index is 602. The van der Waals surface area contributed by atoms with Crippen LogP contribution >= 0.6 is 12.2 Å². The summed E-state index contributed by atoms with van der Waals surface area (Å²) >= 11 is 5.24. The van der Waals surface area contributed by atoms with Crippen molar-refractivity contribution in [3.63, 3.8) is 0 Å². The zero-order chi connectivity index (χ0) is 11.5. The van der Waals surface area contributed by atoms with Crippen molar-refractivity contribution in [2.45, 2.75) is 6.54 Å². The van der Waals surface area contributed by atoms with Gasteiger partial charge in [-0.2, -0.15) is 5.26 Å². The van der Waals surface area contributed by atoms with Gasteiger partial charge in [-0.15, -0.1) is 0 Å². The van der Waals surface area contributed by atoms with Crippen LogP contribution in [0.3, 0.4) is 0 Å². The van der Waals surface area contributed by atoms with Gasteiger partial charge in [-0.1, -0.05) is 0 Å². The zero-order valence-corrected chi connectivity index (χ0v) is 9.77. The third kappa shape index (κ3) is 1.85. The minimum Gasteiger partial charge on any atom is -0.331 e. The van der Waals surface area contributed by atoms with Crippen LogP contribution in [0.1, 0.15) is 5.56 Å². The van der Waals surface area contributed by atoms with Crippen molar-refractivity contribution in [3.05, 3.63) is 28.5 Å². The van der Waals surface area contributed by atoms with Gasteiger partial charge in [0, 0.05) is 13.1 Å². The lowest BCUT2D eigenvalue weighted by molar-refractivity contribution is 0.652. The first kappa shape index (κ1) is 10.9. The summed E-state index contributed by atoms with van der Waals surface area (Å²) in [6, 6.07) is 7.67. The minimum absolute atomic E-state index is 0.653. The van der Waals surface area contributed by atoms with Crippen molar-refractivity contribution in [2.24, 2.45) is 0 Å². The fourth-order valence-corrected chi connectivity index (χ4v) is 1.97. The molecule has 2 aromatic rings. The summed E-state index contributed by atoms with van der Waals surface area (Å²) < 4.78 is 2.70. The molecule has 82 valence electrons. The molecule has 0 spiro atoms. The Kier molecular flexibility index (Phi) is 3.04. The van der Waals surface area contributed by atoms with Gasteiger partial charge in [0.15, 0.2) is 4.77 Å². The van der Waals surface area contributed by atoms with Gasteiger partial charge in [-0.25, -0.2) is 0 Å². The average molecular weight is 232 g/mol. The Hall–Kier alpha value is -1.64. The number of H-pyrrole nitrogens is 1. The zero-order valence-electron chi connectivity index (χ0n) is 8.95. The average Bonchev–Trinajstić information content (AvgIpc) is 2.61. The van der Waals surface area contributed by atoms with E-state index in [4.69, 9.17) is 17.5 Å². The second kappa shape index (κ2) is 4.47. The van der Waals surface area contributed by atoms with Crippen molar-refractivity contribution in [3.8, 4) is 6.07 Å². The second-order valence-electron chi connectivity index (χ2n) is 3.53. The summed E-state index contributed by atoms with van der Waals surface area (Å²) in [5.74, 6) is 0. The van der Waals surface area contributed by atoms with Crippen LogP contribution in [0.25, 0.3) is 11.0 Å². The van der Waals surface area contributed by atoms with Crippen molar-refractivity contribution in [1.82, 2.24) is 14.9 Å². The molecule has 0 aliphatic carbocycles. The number of fused-ring (bicyclic) bond motifs is 1. The van der Waals surface area contributed by atoms with Crippen molar-refractivity contribution in [1.29, 1.82) is 5.26 Å². The van der Waals surface area contributed by atoms with E-state index in [2.05, 4.69) is 16.4 Å². The van der Waals surface area contributed by atoms with E-state index in [-0.39, 0.29) is 0 Å². The van der Waals surface area contributed by atoms with E-state index >= 15 is 0 Å². The molecule has 1 aromatic heterocycles. The highest BCUT2D eigenvalue weighted by Crippen LogP contribution is 2.15. The molecule has 0 bridgehead atoms. The monoisotopic (exact) mass is 232 g/mol. The highest BCUT2D eigenvalue weighted by Gasteiger charge is 2.04. The summed E-state index contributed by atoms with van der Waals surface area (Å²) in [6.45, 7) is 1.64. The summed E-state index contributed by atoms with van der Waals surface area (Å²) in [4.78, 5) is 3.13. The number of hydrogen-bond donors (Lipinski definition) is 2. The minimum atomic E-state index is 0.653. The predicted octanol–water partition coefficient (Wildman–Crippen LogP) is 1.79. The largest absolute Gasteiger partial charge is 0.331 e. The standard InChI is InChI=1S/C11H12N4S/c1-13-4-5-15-10-6-8(7-12)2-3-9(10)14-11(15)16/h2-3,6,13H,4-5H2,1H3,(H,14,16). The number of aromatic nitrogens is 2. The molecule has 1 aromatic carbocycles. The number of nitrogens with one attached hydrogen (secondary N) is 2. The molecule has 2 rings (SSSR count). The van der Waals surface area contributed by atoms with E-state index in [0.29, 0.717) is 10.3 Å². The first-order valence-corrected chi connectivity index (χ1v) is 5.44. The van der Waals surface area contributed by atoms with E-state index < -0.39 is 0 Å². The number of rotatable bonds is 3. The quantitative estimate of drug-likeness (QED) is 0.793. The van der Waals surface area contributed by atoms with E-state index in [1.165, 1.54) is 0 Å². The van der Waals surface area contributed by atoms with Gasteiger partial charge in [-0.05, 0) is 37.5 Å². The number of likely N-dealkylation sites (N-methyl/N-ethyl adjacent to an activating group) is 1. The van der Waals surface area contributed by atoms with Crippen LogP contribution in [0.4, 0.5) is 0 Å². The number of imidazole rings is 1. The molecule has 1 heterocycles. The lowest BCUT2D eigenvalue weighted by Gasteiger charge is -2.03. The summed E-state index contributed by atoms with van der Waals surface area (Å²) in [5.41, 5.74) is 2.61. The topological polar surface area (TPSA) is 56.5 Å². The normalized spacial score (nSPS) is 10.5. The second-order valence-corrected chi connectivity index (χ2v) is 3.92. The maximum absolute atomic E-state index is 8.86. The van der Waals surface area contributed by atoms with Gasteiger partial charge < -0.3 is 14.9 Å². The van der Waals surface area contributed by atoms with Gasteiger partial charge >= 0.3 is 0 Å². The number of aromatic amines is 1. The fourth-order valence-electron chi connectivity index (χ4n) is 1.67. The molecule has 0 aliphatic rings. The van der Waals surface area contributed by atoms with Gasteiger partial charge in [0.2, 0.25) is 0 Å². The Morgan fingerprint density at radius 1 is 1.56 bits per heavy atom. The van der Waals surface area contributed by atoms with Gasteiger partial charge in [0.1, 0.15) is 0 Å². The molecule has 0 aliphatic heterocycles. The molecule has 0 saturated carbocycles. The lowest BCUT2D eigenvalue weighted by atomic mass is 10.2. The SMILES string of the molecule is CNCCn1c(=S)[nH]c2ccc(C#N)cc21. The number of benzene rings is 1. The smallest absolute Gasteiger partial charge is 0.178 e. The van der Waals surface area contributed by atoms with Crippen LogP contribution in [0.15, 0.2) is 18.2 Å². The number of hydrogen-bond acceptors (Lipinski definition) is 3. The van der Waals surface area contributed by atoms with Gasteiger partial charge in [0.05, 0.1) is 22.7 Å². The molecular formula is C11H12N4S. The predicted molar refractivity (Wildman–Crippen MR) is 65.8 cm³/mol. The molecule has 0 atom stereocenters. The third-order valence-corrected chi connectivity index (χ3v) is 2.81. The molecule has 0 saturated heterocycles. The van der Waals surface area contributed by atoms with E-state index in [1.807, 2.05) is 23.7 Å². The summed E-state index contributed by atoms with van der Waals surface area (Å²) in [7, 11) is 1.90. The molecule has 4 nitrogen and oxygen atoms in total.